The highest BCUT2D eigenvalue weighted by Crippen LogP contribution is 2.48. The minimum Gasteiger partial charge on any atom is -0.361 e. The molecular weight excluding hydrogens is 685 g/mol. The number of nitrogens with one attached hydrogen (secondary N) is 1. The lowest BCUT2D eigenvalue weighted by molar-refractivity contribution is 0.469. The quantitative estimate of drug-likeness (QED) is 0.178. The van der Waals surface area contributed by atoms with Crippen LogP contribution in [-0.2, 0) is 0 Å². The summed E-state index contributed by atoms with van der Waals surface area (Å²) in [6, 6.07) is 24.8. The number of aromatic nitrogens is 8. The Morgan fingerprint density at radius 1 is 0.509 bits per heavy atom. The number of rotatable bonds is 8. The van der Waals surface area contributed by atoms with Crippen molar-refractivity contribution in [3.05, 3.63) is 146 Å². The summed E-state index contributed by atoms with van der Waals surface area (Å²) in [7, 11) is 2.02. The summed E-state index contributed by atoms with van der Waals surface area (Å²) in [5.74, 6) is 0. The van der Waals surface area contributed by atoms with E-state index in [0.717, 1.165) is 103 Å². The average Bonchev–Trinajstić information content (AvgIpc) is 3.27. The van der Waals surface area contributed by atoms with E-state index in [4.69, 9.17) is 24.9 Å². The second-order valence-electron chi connectivity index (χ2n) is 13.0. The van der Waals surface area contributed by atoms with Gasteiger partial charge >= 0.3 is 0 Å². The lowest BCUT2D eigenvalue weighted by atomic mass is 9.81. The highest BCUT2D eigenvalue weighted by Gasteiger charge is 2.27. The zero-order valence-electron chi connectivity index (χ0n) is 29.9. The Balaban J connectivity index is 1.36. The molecule has 6 heterocycles. The fraction of sp³-hybridized carbons (Fsp3) is 0.116. The number of allylic oxidation sites excluding steroid dienone is 1. The van der Waals surface area contributed by atoms with Gasteiger partial charge in [0.15, 0.2) is 0 Å². The van der Waals surface area contributed by atoms with Crippen LogP contribution in [0.3, 0.4) is 0 Å². The Kier molecular flexibility index (Phi) is 9.21. The molecule has 0 atom stereocenters. The topological polar surface area (TPSA) is 143 Å². The molecule has 2 aliphatic rings. The maximum absolute atomic E-state index is 5.05. The zero-order chi connectivity index (χ0) is 37.0. The standard InChI is InChI=1S/C43H34N12/c1-55-21-15-35(54-27-55)33-9-7-31(41(37-12-18-46-24-51-37)43(33)39-14-20-48-26-53-39)29-5-3-2-4-28(29)30-6-8-32(34-10-16-44-22-49-34)42(38-13-19-47-25-52-38)40(30)36-11-17-45-23-50-36/h2-13,15-19,21-25,48H,14,20,26-27H2,1H3. The summed E-state index contributed by atoms with van der Waals surface area (Å²) in [5.41, 5.74) is 14.6. The molecule has 4 aromatic heterocycles. The molecule has 0 fully saturated rings. The molecule has 7 aromatic rings. The number of aliphatic imine (C=N–C) groups is 2. The van der Waals surface area contributed by atoms with Crippen molar-refractivity contribution in [1.29, 1.82) is 0 Å². The van der Waals surface area contributed by atoms with E-state index in [1.807, 2.05) is 31.3 Å². The van der Waals surface area contributed by atoms with Gasteiger partial charge in [0.2, 0.25) is 0 Å². The molecule has 0 amide bonds. The van der Waals surface area contributed by atoms with Gasteiger partial charge in [-0.05, 0) is 52.6 Å². The molecule has 0 saturated heterocycles. The van der Waals surface area contributed by atoms with Gasteiger partial charge in [-0.2, -0.15) is 0 Å². The zero-order valence-corrected chi connectivity index (χ0v) is 29.9. The highest BCUT2D eigenvalue weighted by atomic mass is 15.2. The molecular formula is C43H34N12. The van der Waals surface area contributed by atoms with Crippen LogP contribution in [0.15, 0.2) is 145 Å². The molecule has 55 heavy (non-hydrogen) atoms. The summed E-state index contributed by atoms with van der Waals surface area (Å²) in [6.07, 6.45) is 18.2. The lowest BCUT2D eigenvalue weighted by Gasteiger charge is -2.25. The van der Waals surface area contributed by atoms with Crippen LogP contribution in [0.4, 0.5) is 0 Å². The first-order valence-corrected chi connectivity index (χ1v) is 17.9. The third kappa shape index (κ3) is 6.55. The summed E-state index contributed by atoms with van der Waals surface area (Å²) in [4.78, 5) is 48.2. The van der Waals surface area contributed by atoms with Gasteiger partial charge in [-0.25, -0.2) is 39.9 Å². The molecule has 0 aliphatic carbocycles. The lowest BCUT2D eigenvalue weighted by Crippen LogP contribution is -2.27. The molecule has 0 spiro atoms. The van der Waals surface area contributed by atoms with Gasteiger partial charge in [0.05, 0.1) is 35.2 Å². The largest absolute Gasteiger partial charge is 0.361 e. The number of nitrogens with zero attached hydrogens (tertiary/aromatic N) is 11. The van der Waals surface area contributed by atoms with E-state index in [-0.39, 0.29) is 0 Å². The van der Waals surface area contributed by atoms with Crippen molar-refractivity contribution in [2.45, 2.75) is 6.42 Å². The number of benzene rings is 3. The van der Waals surface area contributed by atoms with Gasteiger partial charge in [0.25, 0.3) is 0 Å². The minimum absolute atomic E-state index is 0.538. The van der Waals surface area contributed by atoms with Crippen molar-refractivity contribution in [2.24, 2.45) is 9.98 Å². The van der Waals surface area contributed by atoms with E-state index >= 15 is 0 Å². The van der Waals surface area contributed by atoms with Crippen LogP contribution in [-0.4, -0.2) is 83.1 Å². The molecule has 0 saturated carbocycles. The monoisotopic (exact) mass is 718 g/mol. The molecule has 12 heteroatoms. The molecule has 0 bridgehead atoms. The third-order valence-corrected chi connectivity index (χ3v) is 9.73. The molecule has 266 valence electrons. The Labute approximate surface area is 317 Å². The smallest absolute Gasteiger partial charge is 0.116 e. The summed E-state index contributed by atoms with van der Waals surface area (Å²) in [6.45, 7) is 1.93. The van der Waals surface area contributed by atoms with Gasteiger partial charge in [-0.3, -0.25) is 15.3 Å². The predicted octanol–water partition coefficient (Wildman–Crippen LogP) is 6.79. The molecule has 2 aliphatic heterocycles. The summed E-state index contributed by atoms with van der Waals surface area (Å²) >= 11 is 0. The highest BCUT2D eigenvalue weighted by molar-refractivity contribution is 6.21. The van der Waals surface area contributed by atoms with Gasteiger partial charge in [0.1, 0.15) is 32.0 Å². The molecule has 1 N–H and O–H groups in total. The first-order chi connectivity index (χ1) is 27.2. The van der Waals surface area contributed by atoms with Gasteiger partial charge in [-0.1, -0.05) is 48.5 Å². The van der Waals surface area contributed by atoms with Crippen molar-refractivity contribution < 1.29 is 0 Å². The van der Waals surface area contributed by atoms with Gasteiger partial charge < -0.3 is 4.90 Å². The number of hydrogen-bond donors (Lipinski definition) is 1. The van der Waals surface area contributed by atoms with Gasteiger partial charge in [-0.15, -0.1) is 0 Å². The molecule has 0 radical (unpaired) electrons. The maximum atomic E-state index is 5.05. The maximum Gasteiger partial charge on any atom is 0.116 e. The second-order valence-corrected chi connectivity index (χ2v) is 13.0. The van der Waals surface area contributed by atoms with Crippen molar-refractivity contribution in [3.63, 3.8) is 0 Å². The Morgan fingerprint density at radius 3 is 1.51 bits per heavy atom. The van der Waals surface area contributed by atoms with E-state index in [0.29, 0.717) is 13.3 Å². The minimum atomic E-state index is 0.538. The van der Waals surface area contributed by atoms with Crippen LogP contribution in [0.2, 0.25) is 0 Å². The van der Waals surface area contributed by atoms with Crippen LogP contribution < -0.4 is 5.32 Å². The average molecular weight is 719 g/mol. The SMILES string of the molecule is CN1C=CC(c2ccc(-c3ccccc3-c3ccc(-c4ccncn4)c(-c4ccncn4)c3-c3ccncn3)c(-c3ccncn3)c2C2=NCNCC2)=NC1. The fourth-order valence-corrected chi connectivity index (χ4v) is 7.28. The van der Waals surface area contributed by atoms with Crippen LogP contribution in [0, 0.1) is 0 Å². The van der Waals surface area contributed by atoms with E-state index in [1.54, 1.807) is 50.1 Å². The van der Waals surface area contributed by atoms with Crippen LogP contribution in [0.5, 0.6) is 0 Å². The van der Waals surface area contributed by atoms with Gasteiger partial charge in [0, 0.05) is 90.1 Å². The van der Waals surface area contributed by atoms with Crippen LogP contribution >= 0.6 is 0 Å². The summed E-state index contributed by atoms with van der Waals surface area (Å²) < 4.78 is 0. The van der Waals surface area contributed by atoms with Crippen molar-refractivity contribution >= 4 is 11.4 Å². The molecule has 12 nitrogen and oxygen atoms in total. The van der Waals surface area contributed by atoms with E-state index in [2.05, 4.69) is 95.9 Å². The van der Waals surface area contributed by atoms with Crippen molar-refractivity contribution in [1.82, 2.24) is 50.1 Å². The molecule has 3 aromatic carbocycles. The van der Waals surface area contributed by atoms with Crippen molar-refractivity contribution in [3.8, 4) is 67.3 Å². The first-order valence-electron chi connectivity index (χ1n) is 17.9. The Bertz CT molecular complexity index is 2580. The normalized spacial score (nSPS) is 14.0. The van der Waals surface area contributed by atoms with E-state index in [1.165, 1.54) is 0 Å². The number of hydrogen-bond acceptors (Lipinski definition) is 12. The van der Waals surface area contributed by atoms with E-state index < -0.39 is 0 Å². The van der Waals surface area contributed by atoms with Crippen molar-refractivity contribution in [2.75, 3.05) is 26.9 Å². The first kappa shape index (κ1) is 33.6. The molecule has 9 rings (SSSR count). The summed E-state index contributed by atoms with van der Waals surface area (Å²) in [5, 5.41) is 3.39. The Hall–Kier alpha value is -7.18. The molecule has 0 unspecified atom stereocenters. The second kappa shape index (κ2) is 15.0. The predicted molar refractivity (Wildman–Crippen MR) is 214 cm³/mol. The van der Waals surface area contributed by atoms with Crippen LogP contribution in [0.1, 0.15) is 17.5 Å². The van der Waals surface area contributed by atoms with Crippen LogP contribution in [0.25, 0.3) is 67.3 Å². The Morgan fingerprint density at radius 2 is 1.02 bits per heavy atom. The van der Waals surface area contributed by atoms with E-state index in [9.17, 15) is 0 Å². The third-order valence-electron chi connectivity index (χ3n) is 9.73. The fourth-order valence-electron chi connectivity index (χ4n) is 7.28.